The minimum atomic E-state index is 1.16. The molecule has 0 spiro atoms. The zero-order chi connectivity index (χ0) is 30.9. The van der Waals surface area contributed by atoms with Crippen LogP contribution in [0.1, 0.15) is 0 Å². The molecule has 0 amide bonds. The first-order valence-corrected chi connectivity index (χ1v) is 16.3. The molecule has 10 rings (SSSR count). The zero-order valence-electron chi connectivity index (χ0n) is 25.7. The summed E-state index contributed by atoms with van der Waals surface area (Å²) in [6.45, 7) is 0. The maximum Gasteiger partial charge on any atom is 0.0544 e. The molecule has 0 aliphatic rings. The maximum atomic E-state index is 3.76. The van der Waals surface area contributed by atoms with Gasteiger partial charge >= 0.3 is 0 Å². The Labute approximate surface area is 272 Å². The maximum absolute atomic E-state index is 3.76. The van der Waals surface area contributed by atoms with E-state index in [1.54, 1.807) is 0 Å². The molecular weight excluding hydrogens is 567 g/mol. The van der Waals surface area contributed by atoms with Crippen LogP contribution in [-0.4, -0.2) is 4.98 Å². The molecule has 0 unspecified atom stereocenters. The summed E-state index contributed by atoms with van der Waals surface area (Å²) in [6.07, 6.45) is 0. The van der Waals surface area contributed by atoms with E-state index >= 15 is 0 Å². The molecule has 218 valence electrons. The molecule has 1 heterocycles. The van der Waals surface area contributed by atoms with Crippen LogP contribution in [0.5, 0.6) is 0 Å². The van der Waals surface area contributed by atoms with Gasteiger partial charge in [-0.1, -0.05) is 152 Å². The number of rotatable bonds is 3. The smallest absolute Gasteiger partial charge is 0.0544 e. The van der Waals surface area contributed by atoms with Crippen molar-refractivity contribution in [3.8, 4) is 33.4 Å². The lowest BCUT2D eigenvalue weighted by atomic mass is 9.85. The van der Waals surface area contributed by atoms with Crippen LogP contribution in [0.3, 0.4) is 0 Å². The quantitative estimate of drug-likeness (QED) is 0.196. The van der Waals surface area contributed by atoms with Crippen LogP contribution in [0.25, 0.3) is 98.3 Å². The fourth-order valence-electron chi connectivity index (χ4n) is 7.78. The monoisotopic (exact) mass is 595 g/mol. The standard InChI is InChI=1S/C46H29N/c1-2-12-31-26-35(21-20-29(31)10-1)45-40-18-7-5-16-38(40)44(39-17-6-8-19-41(39)45)34-14-9-13-32(27-34)33-23-24-37-42-25-22-30-11-3-4-15-36(30)46(42)47-43(37)28-33/h1-28,47H. The third-order valence-electron chi connectivity index (χ3n) is 9.95. The van der Waals surface area contributed by atoms with Gasteiger partial charge in [-0.05, 0) is 89.3 Å². The molecule has 1 heteroatoms. The Kier molecular flexibility index (Phi) is 5.64. The molecule has 1 N–H and O–H groups in total. The van der Waals surface area contributed by atoms with Crippen molar-refractivity contribution in [2.45, 2.75) is 0 Å². The summed E-state index contributed by atoms with van der Waals surface area (Å²) in [5.41, 5.74) is 9.82. The highest BCUT2D eigenvalue weighted by atomic mass is 14.7. The largest absolute Gasteiger partial charge is 0.354 e. The van der Waals surface area contributed by atoms with E-state index < -0.39 is 0 Å². The highest BCUT2D eigenvalue weighted by Crippen LogP contribution is 2.45. The van der Waals surface area contributed by atoms with Crippen LogP contribution in [-0.2, 0) is 0 Å². The highest BCUT2D eigenvalue weighted by Gasteiger charge is 2.17. The number of aromatic nitrogens is 1. The first-order chi connectivity index (χ1) is 23.3. The molecule has 0 fully saturated rings. The van der Waals surface area contributed by atoms with E-state index in [9.17, 15) is 0 Å². The highest BCUT2D eigenvalue weighted by molar-refractivity contribution is 6.22. The predicted octanol–water partition coefficient (Wildman–Crippen LogP) is 12.9. The first-order valence-electron chi connectivity index (χ1n) is 16.3. The lowest BCUT2D eigenvalue weighted by Gasteiger charge is -2.18. The molecule has 0 aliphatic heterocycles. The molecule has 1 nitrogen and oxygen atoms in total. The van der Waals surface area contributed by atoms with E-state index in [-0.39, 0.29) is 0 Å². The van der Waals surface area contributed by atoms with E-state index in [0.717, 1.165) is 5.52 Å². The zero-order valence-corrected chi connectivity index (χ0v) is 25.7. The molecular formula is C46H29N. The van der Waals surface area contributed by atoms with E-state index in [2.05, 4.69) is 175 Å². The summed E-state index contributed by atoms with van der Waals surface area (Å²) < 4.78 is 0. The van der Waals surface area contributed by atoms with Crippen LogP contribution in [0.4, 0.5) is 0 Å². The molecule has 0 saturated heterocycles. The first kappa shape index (κ1) is 26.1. The van der Waals surface area contributed by atoms with Crippen molar-refractivity contribution in [1.29, 1.82) is 0 Å². The van der Waals surface area contributed by atoms with Gasteiger partial charge in [0.25, 0.3) is 0 Å². The van der Waals surface area contributed by atoms with Crippen molar-refractivity contribution in [1.82, 2.24) is 4.98 Å². The molecule has 10 aromatic rings. The summed E-state index contributed by atoms with van der Waals surface area (Å²) in [7, 11) is 0. The van der Waals surface area contributed by atoms with Gasteiger partial charge in [-0.15, -0.1) is 0 Å². The van der Waals surface area contributed by atoms with Crippen LogP contribution in [0, 0.1) is 0 Å². The van der Waals surface area contributed by atoms with Gasteiger partial charge in [0.05, 0.1) is 5.52 Å². The van der Waals surface area contributed by atoms with E-state index in [4.69, 9.17) is 0 Å². The van der Waals surface area contributed by atoms with E-state index in [1.165, 1.54) is 92.8 Å². The van der Waals surface area contributed by atoms with Crippen LogP contribution >= 0.6 is 0 Å². The van der Waals surface area contributed by atoms with Crippen molar-refractivity contribution in [3.63, 3.8) is 0 Å². The van der Waals surface area contributed by atoms with Crippen LogP contribution in [0.15, 0.2) is 170 Å². The van der Waals surface area contributed by atoms with Gasteiger partial charge in [0, 0.05) is 21.7 Å². The van der Waals surface area contributed by atoms with Crippen LogP contribution in [0.2, 0.25) is 0 Å². The molecule has 0 atom stereocenters. The number of benzene rings is 9. The SMILES string of the molecule is c1cc(-c2ccc3c(c2)[nH]c2c4ccccc4ccc32)cc(-c2c3ccccc3c(-c3ccc4ccccc4c3)c3ccccc23)c1. The summed E-state index contributed by atoms with van der Waals surface area (Å²) in [5.74, 6) is 0. The number of aromatic amines is 1. The summed E-state index contributed by atoms with van der Waals surface area (Å²) in [5, 5.41) is 12.6. The normalized spacial score (nSPS) is 11.8. The minimum Gasteiger partial charge on any atom is -0.354 e. The average molecular weight is 596 g/mol. The van der Waals surface area contributed by atoms with Crippen molar-refractivity contribution >= 4 is 64.9 Å². The topological polar surface area (TPSA) is 15.8 Å². The number of hydrogen-bond donors (Lipinski definition) is 1. The molecule has 1 aromatic heterocycles. The molecule has 9 aromatic carbocycles. The van der Waals surface area contributed by atoms with Gasteiger partial charge in [-0.2, -0.15) is 0 Å². The molecule has 0 bridgehead atoms. The fraction of sp³-hybridized carbons (Fsp3) is 0. The van der Waals surface area contributed by atoms with E-state index in [0.29, 0.717) is 0 Å². The molecule has 47 heavy (non-hydrogen) atoms. The number of nitrogens with one attached hydrogen (secondary N) is 1. The second kappa shape index (κ2) is 10.2. The Bertz CT molecular complexity index is 2800. The van der Waals surface area contributed by atoms with Crippen molar-refractivity contribution in [3.05, 3.63) is 170 Å². The average Bonchev–Trinajstić information content (AvgIpc) is 3.52. The molecule has 0 saturated carbocycles. The summed E-state index contributed by atoms with van der Waals surface area (Å²) in [4.78, 5) is 3.76. The van der Waals surface area contributed by atoms with E-state index in [1.807, 2.05) is 0 Å². The number of hydrogen-bond acceptors (Lipinski definition) is 0. The summed E-state index contributed by atoms with van der Waals surface area (Å²) in [6, 6.07) is 62.3. The minimum absolute atomic E-state index is 1.16. The number of H-pyrrole nitrogens is 1. The third-order valence-corrected chi connectivity index (χ3v) is 9.95. The third kappa shape index (κ3) is 4.03. The van der Waals surface area contributed by atoms with Crippen molar-refractivity contribution in [2.75, 3.05) is 0 Å². The Balaban J connectivity index is 1.17. The van der Waals surface area contributed by atoms with Gasteiger partial charge in [-0.25, -0.2) is 0 Å². The lowest BCUT2D eigenvalue weighted by molar-refractivity contribution is 1.55. The van der Waals surface area contributed by atoms with Gasteiger partial charge in [-0.3, -0.25) is 0 Å². The second-order valence-corrected chi connectivity index (χ2v) is 12.6. The second-order valence-electron chi connectivity index (χ2n) is 12.6. The van der Waals surface area contributed by atoms with Crippen molar-refractivity contribution < 1.29 is 0 Å². The summed E-state index contributed by atoms with van der Waals surface area (Å²) >= 11 is 0. The van der Waals surface area contributed by atoms with Gasteiger partial charge in [0.1, 0.15) is 0 Å². The molecule has 0 aliphatic carbocycles. The fourth-order valence-corrected chi connectivity index (χ4v) is 7.78. The van der Waals surface area contributed by atoms with Gasteiger partial charge in [0.2, 0.25) is 0 Å². The Morgan fingerprint density at radius 2 is 0.787 bits per heavy atom. The Hall–Kier alpha value is -6.18. The Morgan fingerprint density at radius 3 is 1.51 bits per heavy atom. The molecule has 0 radical (unpaired) electrons. The number of fused-ring (bicyclic) bond motifs is 8. The van der Waals surface area contributed by atoms with Gasteiger partial charge in [0.15, 0.2) is 0 Å². The van der Waals surface area contributed by atoms with Crippen LogP contribution < -0.4 is 0 Å². The Morgan fingerprint density at radius 1 is 0.277 bits per heavy atom. The van der Waals surface area contributed by atoms with Crippen molar-refractivity contribution in [2.24, 2.45) is 0 Å². The predicted molar refractivity (Wildman–Crippen MR) is 202 cm³/mol. The van der Waals surface area contributed by atoms with Gasteiger partial charge < -0.3 is 4.98 Å². The lowest BCUT2D eigenvalue weighted by Crippen LogP contribution is -1.91.